The number of terminal acetylenes is 1. The summed E-state index contributed by atoms with van der Waals surface area (Å²) in [5, 5.41) is 22.7. The van der Waals surface area contributed by atoms with Crippen LogP contribution in [0.1, 0.15) is 23.2 Å². The van der Waals surface area contributed by atoms with Crippen molar-refractivity contribution in [2.45, 2.75) is 12.8 Å². The summed E-state index contributed by atoms with van der Waals surface area (Å²) in [5.41, 5.74) is -0.615. The Labute approximate surface area is 104 Å². The molecule has 6 heteroatoms. The minimum absolute atomic E-state index is 0.120. The summed E-state index contributed by atoms with van der Waals surface area (Å²) in [4.78, 5) is 21.5. The summed E-state index contributed by atoms with van der Waals surface area (Å²) in [7, 11) is 0. The molecule has 0 saturated carbocycles. The van der Waals surface area contributed by atoms with Crippen LogP contribution in [0.15, 0.2) is 18.2 Å². The number of nitro groups is 1. The van der Waals surface area contributed by atoms with Gasteiger partial charge in [0.1, 0.15) is 0 Å². The van der Waals surface area contributed by atoms with Crippen molar-refractivity contribution in [3.63, 3.8) is 0 Å². The van der Waals surface area contributed by atoms with Gasteiger partial charge in [-0.25, -0.2) is 0 Å². The van der Waals surface area contributed by atoms with E-state index in [-0.39, 0.29) is 5.56 Å². The van der Waals surface area contributed by atoms with Crippen molar-refractivity contribution in [2.24, 2.45) is 0 Å². The fraction of sp³-hybridized carbons (Fsp3) is 0.250. The number of carbonyl (C=O) groups is 1. The molecule has 2 N–H and O–H groups in total. The Morgan fingerprint density at radius 1 is 1.56 bits per heavy atom. The van der Waals surface area contributed by atoms with Crippen molar-refractivity contribution in [3.05, 3.63) is 33.9 Å². The number of nitrogens with one attached hydrogen (secondary N) is 1. The van der Waals surface area contributed by atoms with Gasteiger partial charge in [0, 0.05) is 19.0 Å². The first-order valence-corrected chi connectivity index (χ1v) is 5.26. The van der Waals surface area contributed by atoms with Crippen LogP contribution in [0.2, 0.25) is 0 Å². The second-order valence-electron chi connectivity index (χ2n) is 3.49. The van der Waals surface area contributed by atoms with Crippen molar-refractivity contribution < 1.29 is 14.8 Å². The Balaban J connectivity index is 2.78. The Kier molecular flexibility index (Phi) is 4.69. The fourth-order valence-electron chi connectivity index (χ4n) is 1.35. The van der Waals surface area contributed by atoms with E-state index >= 15 is 0 Å². The molecule has 0 fully saturated rings. The number of nitrogens with zero attached hydrogens (tertiary/aromatic N) is 1. The predicted molar refractivity (Wildman–Crippen MR) is 65.2 cm³/mol. The topological polar surface area (TPSA) is 92.5 Å². The maximum absolute atomic E-state index is 11.7. The van der Waals surface area contributed by atoms with Crippen molar-refractivity contribution >= 4 is 11.6 Å². The number of nitro benzene ring substituents is 1. The molecule has 0 aromatic heterocycles. The van der Waals surface area contributed by atoms with Gasteiger partial charge < -0.3 is 10.4 Å². The fourth-order valence-corrected chi connectivity index (χ4v) is 1.35. The van der Waals surface area contributed by atoms with Crippen LogP contribution in [0, 0.1) is 22.5 Å². The van der Waals surface area contributed by atoms with E-state index in [4.69, 9.17) is 6.42 Å². The minimum atomic E-state index is -0.746. The molecular weight excluding hydrogens is 236 g/mol. The van der Waals surface area contributed by atoms with Gasteiger partial charge in [-0.1, -0.05) is 6.07 Å². The number of aromatic hydroxyl groups is 1. The number of carbonyl (C=O) groups excluding carboxylic acids is 1. The lowest BCUT2D eigenvalue weighted by Crippen LogP contribution is -2.24. The minimum Gasteiger partial charge on any atom is -0.502 e. The Hall–Kier alpha value is -2.55. The van der Waals surface area contributed by atoms with Gasteiger partial charge in [-0.3, -0.25) is 14.9 Å². The summed E-state index contributed by atoms with van der Waals surface area (Å²) in [5.74, 6) is 1.24. The van der Waals surface area contributed by atoms with Crippen molar-refractivity contribution in [1.29, 1.82) is 0 Å². The molecule has 0 unspecified atom stereocenters. The molecule has 0 aliphatic heterocycles. The molecule has 18 heavy (non-hydrogen) atoms. The van der Waals surface area contributed by atoms with E-state index in [0.29, 0.717) is 19.4 Å². The van der Waals surface area contributed by atoms with Gasteiger partial charge in [0.15, 0.2) is 0 Å². The number of hydrogen-bond donors (Lipinski definition) is 2. The van der Waals surface area contributed by atoms with E-state index in [2.05, 4.69) is 11.2 Å². The van der Waals surface area contributed by atoms with Crippen LogP contribution in [0.25, 0.3) is 0 Å². The van der Waals surface area contributed by atoms with Gasteiger partial charge in [0.25, 0.3) is 5.91 Å². The van der Waals surface area contributed by atoms with Crippen LogP contribution in [-0.4, -0.2) is 22.5 Å². The number of benzene rings is 1. The lowest BCUT2D eigenvalue weighted by atomic mass is 10.1. The average Bonchev–Trinajstić information content (AvgIpc) is 2.34. The van der Waals surface area contributed by atoms with E-state index in [1.54, 1.807) is 0 Å². The van der Waals surface area contributed by atoms with E-state index in [1.165, 1.54) is 12.1 Å². The first kappa shape index (κ1) is 13.5. The molecule has 0 saturated heterocycles. The summed E-state index contributed by atoms with van der Waals surface area (Å²) >= 11 is 0. The highest BCUT2D eigenvalue weighted by atomic mass is 16.6. The highest BCUT2D eigenvalue weighted by Gasteiger charge is 2.20. The Morgan fingerprint density at radius 3 is 2.89 bits per heavy atom. The molecule has 1 aromatic carbocycles. The van der Waals surface area contributed by atoms with E-state index in [1.807, 2.05) is 0 Å². The molecule has 0 aliphatic carbocycles. The maximum atomic E-state index is 11.7. The molecule has 1 rings (SSSR count). The zero-order valence-corrected chi connectivity index (χ0v) is 9.55. The van der Waals surface area contributed by atoms with Crippen molar-refractivity contribution in [1.82, 2.24) is 5.32 Å². The van der Waals surface area contributed by atoms with E-state index < -0.39 is 22.3 Å². The second-order valence-corrected chi connectivity index (χ2v) is 3.49. The smallest absolute Gasteiger partial charge is 0.311 e. The van der Waals surface area contributed by atoms with Gasteiger partial charge in [-0.05, 0) is 12.5 Å². The van der Waals surface area contributed by atoms with Crippen LogP contribution >= 0.6 is 0 Å². The lowest BCUT2D eigenvalue weighted by molar-refractivity contribution is -0.385. The SMILES string of the molecule is C#CCCCNC(=O)c1cccc([N+](=O)[O-])c1O. The quantitative estimate of drug-likeness (QED) is 0.357. The van der Waals surface area contributed by atoms with Crippen LogP contribution in [-0.2, 0) is 0 Å². The second kappa shape index (κ2) is 6.25. The number of amides is 1. The molecule has 0 aliphatic rings. The summed E-state index contributed by atoms with van der Waals surface area (Å²) in [6.45, 7) is 0.352. The Morgan fingerprint density at radius 2 is 2.28 bits per heavy atom. The van der Waals surface area contributed by atoms with E-state index in [0.717, 1.165) is 6.07 Å². The molecule has 1 aromatic rings. The zero-order chi connectivity index (χ0) is 13.5. The largest absolute Gasteiger partial charge is 0.502 e. The van der Waals surface area contributed by atoms with Gasteiger partial charge in [-0.2, -0.15) is 0 Å². The molecule has 94 valence electrons. The van der Waals surface area contributed by atoms with Crippen LogP contribution in [0.5, 0.6) is 5.75 Å². The van der Waals surface area contributed by atoms with Gasteiger partial charge in [0.05, 0.1) is 10.5 Å². The first-order chi connectivity index (χ1) is 8.57. The van der Waals surface area contributed by atoms with Gasteiger partial charge in [0.2, 0.25) is 5.75 Å². The van der Waals surface area contributed by atoms with E-state index in [9.17, 15) is 20.0 Å². The van der Waals surface area contributed by atoms with Crippen molar-refractivity contribution in [3.8, 4) is 18.1 Å². The molecule has 0 heterocycles. The van der Waals surface area contributed by atoms with Crippen LogP contribution in [0.3, 0.4) is 0 Å². The van der Waals surface area contributed by atoms with Crippen LogP contribution < -0.4 is 5.32 Å². The molecule has 6 nitrogen and oxygen atoms in total. The average molecular weight is 248 g/mol. The third-order valence-corrected chi connectivity index (χ3v) is 2.24. The summed E-state index contributed by atoms with van der Waals surface area (Å²) in [6, 6.07) is 3.79. The zero-order valence-electron chi connectivity index (χ0n) is 9.55. The molecular formula is C12H12N2O4. The summed E-state index contributed by atoms with van der Waals surface area (Å²) in [6.07, 6.45) is 6.19. The van der Waals surface area contributed by atoms with Crippen molar-refractivity contribution in [2.75, 3.05) is 6.54 Å². The molecule has 0 radical (unpaired) electrons. The number of para-hydroxylation sites is 1. The highest BCUT2D eigenvalue weighted by molar-refractivity contribution is 5.98. The van der Waals surface area contributed by atoms with Gasteiger partial charge >= 0.3 is 5.69 Å². The number of unbranched alkanes of at least 4 members (excludes halogenated alkanes) is 1. The normalized spacial score (nSPS) is 9.50. The third kappa shape index (κ3) is 3.22. The number of phenolic OH excluding ortho intramolecular Hbond substituents is 1. The first-order valence-electron chi connectivity index (χ1n) is 5.26. The molecule has 0 spiro atoms. The number of phenols is 1. The predicted octanol–water partition coefficient (Wildman–Crippen LogP) is 1.44. The molecule has 0 bridgehead atoms. The third-order valence-electron chi connectivity index (χ3n) is 2.24. The monoisotopic (exact) mass is 248 g/mol. The standard InChI is InChI=1S/C12H12N2O4/c1-2-3-4-8-13-12(16)9-6-5-7-10(11(9)15)14(17)18/h1,5-7,15H,3-4,8H2,(H,13,16). The number of hydrogen-bond acceptors (Lipinski definition) is 4. The lowest BCUT2D eigenvalue weighted by Gasteiger charge is -2.05. The molecule has 1 amide bonds. The molecule has 0 atom stereocenters. The van der Waals surface area contributed by atoms with Crippen LogP contribution in [0.4, 0.5) is 5.69 Å². The maximum Gasteiger partial charge on any atom is 0.311 e. The number of rotatable bonds is 5. The van der Waals surface area contributed by atoms with Gasteiger partial charge in [-0.15, -0.1) is 12.3 Å². The summed E-state index contributed by atoms with van der Waals surface area (Å²) < 4.78 is 0. The Bertz CT molecular complexity index is 505. The highest BCUT2D eigenvalue weighted by Crippen LogP contribution is 2.28.